The van der Waals surface area contributed by atoms with E-state index in [-0.39, 0.29) is 23.9 Å². The number of rotatable bonds is 5. The second kappa shape index (κ2) is 6.54. The predicted octanol–water partition coefficient (Wildman–Crippen LogP) is 1.98. The Kier molecular flexibility index (Phi) is 4.96. The molecule has 5 heteroatoms. The van der Waals surface area contributed by atoms with Crippen molar-refractivity contribution in [3.05, 3.63) is 35.6 Å². The average Bonchev–Trinajstić information content (AvgIpc) is 2.73. The van der Waals surface area contributed by atoms with Crippen LogP contribution in [0.15, 0.2) is 24.3 Å². The molecule has 2 unspecified atom stereocenters. The second-order valence-electron chi connectivity index (χ2n) is 5.95. The minimum Gasteiger partial charge on any atom is -0.320 e. The lowest BCUT2D eigenvalue weighted by Crippen LogP contribution is -2.39. The Labute approximate surface area is 125 Å². The Morgan fingerprint density at radius 3 is 2.52 bits per heavy atom. The summed E-state index contributed by atoms with van der Waals surface area (Å²) in [7, 11) is 2.05. The molecule has 21 heavy (non-hydrogen) atoms. The van der Waals surface area contributed by atoms with E-state index in [1.807, 2.05) is 11.8 Å². The van der Waals surface area contributed by atoms with Gasteiger partial charge in [-0.1, -0.05) is 12.1 Å². The molecule has 1 N–H and O–H groups in total. The lowest BCUT2D eigenvalue weighted by Gasteiger charge is -2.28. The van der Waals surface area contributed by atoms with Gasteiger partial charge in [0, 0.05) is 19.1 Å². The fraction of sp³-hybridized carbons (Fsp3) is 0.562. The van der Waals surface area contributed by atoms with E-state index in [1.54, 1.807) is 12.1 Å². The number of likely N-dealkylation sites (N-methyl/N-ethyl adjacent to an activating group) is 1. The molecule has 1 aliphatic rings. The Bertz CT molecular complexity index is 489. The van der Waals surface area contributed by atoms with Crippen molar-refractivity contribution in [1.29, 1.82) is 0 Å². The van der Waals surface area contributed by atoms with Gasteiger partial charge in [-0.15, -0.1) is 0 Å². The number of hydrogen-bond acceptors (Lipinski definition) is 3. The molecule has 116 valence electrons. The van der Waals surface area contributed by atoms with Gasteiger partial charge in [0.25, 0.3) is 0 Å². The van der Waals surface area contributed by atoms with Crippen LogP contribution in [0, 0.1) is 5.82 Å². The minimum atomic E-state index is -0.262. The second-order valence-corrected chi connectivity index (χ2v) is 5.95. The monoisotopic (exact) mass is 293 g/mol. The molecule has 0 bridgehead atoms. The Hall–Kier alpha value is -1.46. The van der Waals surface area contributed by atoms with Crippen LogP contribution in [-0.4, -0.2) is 47.9 Å². The number of halogens is 1. The van der Waals surface area contributed by atoms with Gasteiger partial charge in [0.1, 0.15) is 12.0 Å². The third kappa shape index (κ3) is 3.60. The molecule has 1 fully saturated rings. The summed E-state index contributed by atoms with van der Waals surface area (Å²) in [6.45, 7) is 7.60. The molecule has 1 heterocycles. The van der Waals surface area contributed by atoms with Crippen molar-refractivity contribution in [3.8, 4) is 0 Å². The zero-order chi connectivity index (χ0) is 15.6. The van der Waals surface area contributed by atoms with Crippen LogP contribution in [0.1, 0.15) is 32.5 Å². The Morgan fingerprint density at radius 2 is 1.95 bits per heavy atom. The molecule has 2 atom stereocenters. The molecule has 1 aromatic carbocycles. The number of hydrogen-bond donors (Lipinski definition) is 1. The molecule has 0 saturated carbocycles. The fourth-order valence-electron chi connectivity index (χ4n) is 2.46. The number of carbonyl (C=O) groups is 1. The summed E-state index contributed by atoms with van der Waals surface area (Å²) in [5.74, 6) is -0.163. The number of carbonyl (C=O) groups excluding carboxylic acids is 1. The zero-order valence-corrected chi connectivity index (χ0v) is 13.1. The minimum absolute atomic E-state index is 0.0986. The van der Waals surface area contributed by atoms with Crippen LogP contribution in [0.4, 0.5) is 4.39 Å². The Balaban J connectivity index is 2.11. The lowest BCUT2D eigenvalue weighted by atomic mass is 10.1. The van der Waals surface area contributed by atoms with Crippen molar-refractivity contribution >= 4 is 5.91 Å². The predicted molar refractivity (Wildman–Crippen MR) is 81.2 cm³/mol. The lowest BCUT2D eigenvalue weighted by molar-refractivity contribution is -0.130. The summed E-state index contributed by atoms with van der Waals surface area (Å²) in [6.07, 6.45) is -0.173. The number of nitrogens with zero attached hydrogens (tertiary/aromatic N) is 2. The van der Waals surface area contributed by atoms with Crippen molar-refractivity contribution in [2.75, 3.05) is 20.1 Å². The fourth-order valence-corrected chi connectivity index (χ4v) is 2.46. The topological polar surface area (TPSA) is 35.6 Å². The van der Waals surface area contributed by atoms with Gasteiger partial charge in [-0.25, -0.2) is 4.39 Å². The summed E-state index contributed by atoms with van der Waals surface area (Å²) in [4.78, 5) is 16.4. The van der Waals surface area contributed by atoms with Gasteiger partial charge >= 0.3 is 0 Å². The number of nitrogens with one attached hydrogen (secondary N) is 1. The number of benzene rings is 1. The van der Waals surface area contributed by atoms with E-state index >= 15 is 0 Å². The molecule has 0 aromatic heterocycles. The molecule has 1 aliphatic heterocycles. The largest absolute Gasteiger partial charge is 0.320 e. The third-order valence-corrected chi connectivity index (χ3v) is 4.13. The molecule has 0 radical (unpaired) electrons. The van der Waals surface area contributed by atoms with Crippen LogP contribution >= 0.6 is 0 Å². The summed E-state index contributed by atoms with van der Waals surface area (Å²) < 4.78 is 13.1. The van der Waals surface area contributed by atoms with Gasteiger partial charge in [0.05, 0.1) is 6.04 Å². The van der Waals surface area contributed by atoms with Crippen molar-refractivity contribution in [2.24, 2.45) is 0 Å². The van der Waals surface area contributed by atoms with Crippen molar-refractivity contribution in [3.63, 3.8) is 0 Å². The van der Waals surface area contributed by atoms with Gasteiger partial charge in [0.2, 0.25) is 5.91 Å². The van der Waals surface area contributed by atoms with E-state index < -0.39 is 0 Å². The van der Waals surface area contributed by atoms with Crippen LogP contribution in [0.25, 0.3) is 0 Å². The molecule has 1 aromatic rings. The molecule has 1 amide bonds. The van der Waals surface area contributed by atoms with E-state index in [9.17, 15) is 9.18 Å². The van der Waals surface area contributed by atoms with Crippen molar-refractivity contribution in [1.82, 2.24) is 15.1 Å². The zero-order valence-electron chi connectivity index (χ0n) is 13.1. The first kappa shape index (κ1) is 15.9. The highest BCUT2D eigenvalue weighted by Gasteiger charge is 2.36. The van der Waals surface area contributed by atoms with Crippen LogP contribution in [0.2, 0.25) is 0 Å². The first-order chi connectivity index (χ1) is 9.90. The smallest absolute Gasteiger partial charge is 0.241 e. The average molecular weight is 293 g/mol. The SMILES string of the molecule is CC1NC(c2ccc(F)cc2)N(CCN(C)C(C)C)C1=O. The molecular formula is C16H24FN3O. The molecule has 4 nitrogen and oxygen atoms in total. The summed E-state index contributed by atoms with van der Waals surface area (Å²) in [5.41, 5.74) is 0.918. The maximum atomic E-state index is 13.1. The van der Waals surface area contributed by atoms with E-state index in [1.165, 1.54) is 12.1 Å². The van der Waals surface area contributed by atoms with Gasteiger partial charge < -0.3 is 9.80 Å². The maximum absolute atomic E-state index is 13.1. The molecule has 0 spiro atoms. The van der Waals surface area contributed by atoms with E-state index in [0.29, 0.717) is 12.6 Å². The van der Waals surface area contributed by atoms with Crippen LogP contribution in [0.5, 0.6) is 0 Å². The quantitative estimate of drug-likeness (QED) is 0.902. The first-order valence-electron chi connectivity index (χ1n) is 7.42. The highest BCUT2D eigenvalue weighted by molar-refractivity contribution is 5.84. The molecule has 2 rings (SSSR count). The van der Waals surface area contributed by atoms with Crippen LogP contribution < -0.4 is 5.32 Å². The summed E-state index contributed by atoms with van der Waals surface area (Å²) in [6, 6.07) is 6.57. The normalized spacial score (nSPS) is 22.6. The molecular weight excluding hydrogens is 269 g/mol. The van der Waals surface area contributed by atoms with Crippen LogP contribution in [-0.2, 0) is 4.79 Å². The molecule has 1 saturated heterocycles. The van der Waals surface area contributed by atoms with E-state index in [4.69, 9.17) is 0 Å². The highest BCUT2D eigenvalue weighted by Crippen LogP contribution is 2.25. The molecule has 0 aliphatic carbocycles. The summed E-state index contributed by atoms with van der Waals surface area (Å²) >= 11 is 0. The summed E-state index contributed by atoms with van der Waals surface area (Å²) in [5, 5.41) is 3.28. The maximum Gasteiger partial charge on any atom is 0.241 e. The van der Waals surface area contributed by atoms with Gasteiger partial charge in [-0.3, -0.25) is 10.1 Å². The van der Waals surface area contributed by atoms with Crippen molar-refractivity contribution < 1.29 is 9.18 Å². The Morgan fingerprint density at radius 1 is 1.33 bits per heavy atom. The van der Waals surface area contributed by atoms with E-state index in [0.717, 1.165) is 12.1 Å². The van der Waals surface area contributed by atoms with Crippen LogP contribution in [0.3, 0.4) is 0 Å². The van der Waals surface area contributed by atoms with Gasteiger partial charge in [-0.05, 0) is 45.5 Å². The van der Waals surface area contributed by atoms with Gasteiger partial charge in [-0.2, -0.15) is 0 Å². The standard InChI is InChI=1S/C16H24FN3O/c1-11(2)19(4)9-10-20-15(18-12(3)16(20)21)13-5-7-14(17)8-6-13/h5-8,11-12,15,18H,9-10H2,1-4H3. The van der Waals surface area contributed by atoms with Gasteiger partial charge in [0.15, 0.2) is 0 Å². The third-order valence-electron chi connectivity index (χ3n) is 4.13. The van der Waals surface area contributed by atoms with Crippen molar-refractivity contribution in [2.45, 2.75) is 39.0 Å². The highest BCUT2D eigenvalue weighted by atomic mass is 19.1. The van der Waals surface area contributed by atoms with E-state index in [2.05, 4.69) is 31.1 Å². The first-order valence-corrected chi connectivity index (χ1v) is 7.42. The number of amides is 1.